The number of sulfonamides is 1. The molecule has 2 heterocycles. The van der Waals surface area contributed by atoms with Crippen LogP contribution in [0.3, 0.4) is 0 Å². The van der Waals surface area contributed by atoms with Crippen LogP contribution in [-0.2, 0) is 19.6 Å². The Morgan fingerprint density at radius 2 is 1.97 bits per heavy atom. The van der Waals surface area contributed by atoms with Gasteiger partial charge in [-0.2, -0.15) is 4.31 Å². The third kappa shape index (κ3) is 5.69. The van der Waals surface area contributed by atoms with Crippen LogP contribution in [-0.4, -0.2) is 55.3 Å². The van der Waals surface area contributed by atoms with Crippen LogP contribution in [0.2, 0.25) is 0 Å². The van der Waals surface area contributed by atoms with Gasteiger partial charge < -0.3 is 15.1 Å². The second kappa shape index (κ2) is 9.74. The van der Waals surface area contributed by atoms with Gasteiger partial charge in [0.25, 0.3) is 5.91 Å². The predicted molar refractivity (Wildman–Crippen MR) is 109 cm³/mol. The first-order valence-electron chi connectivity index (χ1n) is 10.4. The lowest BCUT2D eigenvalue weighted by Gasteiger charge is -2.29. The first kappa shape index (κ1) is 22.5. The average Bonchev–Trinajstić information content (AvgIpc) is 3.36. The fourth-order valence-corrected chi connectivity index (χ4v) is 5.20. The first-order valence-corrected chi connectivity index (χ1v) is 12.2. The Balaban J connectivity index is 1.77. The molecule has 1 saturated heterocycles. The largest absolute Gasteiger partial charge is 0.459 e. The number of amides is 2. The smallest absolute Gasteiger partial charge is 0.287 e. The Hall–Kier alpha value is -2.20. The van der Waals surface area contributed by atoms with Gasteiger partial charge >= 0.3 is 0 Å². The Morgan fingerprint density at radius 3 is 2.60 bits per heavy atom. The summed E-state index contributed by atoms with van der Waals surface area (Å²) in [6, 6.07) is 2.19. The quantitative estimate of drug-likeness (QED) is 0.662. The fraction of sp³-hybridized carbons (Fsp3) is 0.650. The van der Waals surface area contributed by atoms with Crippen LogP contribution in [0.4, 0.5) is 0 Å². The molecule has 0 spiro atoms. The minimum Gasteiger partial charge on any atom is -0.459 e. The summed E-state index contributed by atoms with van der Waals surface area (Å²) in [7, 11) is -3.69. The number of carbonyl (C=O) groups excluding carboxylic acids is 3. The molecule has 1 aliphatic heterocycles. The molecule has 1 saturated carbocycles. The van der Waals surface area contributed by atoms with E-state index in [1.165, 1.54) is 12.3 Å². The zero-order valence-corrected chi connectivity index (χ0v) is 17.9. The third-order valence-electron chi connectivity index (χ3n) is 5.76. The highest BCUT2D eigenvalue weighted by Crippen LogP contribution is 2.29. The van der Waals surface area contributed by atoms with Crippen molar-refractivity contribution < 1.29 is 27.2 Å². The lowest BCUT2D eigenvalue weighted by atomic mass is 9.97. The molecule has 0 radical (unpaired) electrons. The average molecular weight is 440 g/mol. The van der Waals surface area contributed by atoms with Gasteiger partial charge in [0.05, 0.1) is 12.5 Å². The Kier molecular flexibility index (Phi) is 7.30. The van der Waals surface area contributed by atoms with Gasteiger partial charge in [0.15, 0.2) is 17.7 Å². The summed E-state index contributed by atoms with van der Waals surface area (Å²) in [6.07, 6.45) is 6.99. The van der Waals surface area contributed by atoms with E-state index in [4.69, 9.17) is 4.42 Å². The minimum atomic E-state index is -3.69. The highest BCUT2D eigenvalue weighted by atomic mass is 32.2. The third-order valence-corrected chi connectivity index (χ3v) is 7.01. The van der Waals surface area contributed by atoms with Crippen molar-refractivity contribution >= 4 is 27.6 Å². The van der Waals surface area contributed by atoms with Crippen molar-refractivity contribution in [2.45, 2.75) is 63.6 Å². The van der Waals surface area contributed by atoms with E-state index >= 15 is 0 Å². The normalized spacial score (nSPS) is 22.4. The number of furan rings is 1. The molecule has 9 nitrogen and oxygen atoms in total. The van der Waals surface area contributed by atoms with Crippen molar-refractivity contribution in [3.05, 3.63) is 24.2 Å². The molecule has 10 heteroatoms. The van der Waals surface area contributed by atoms with Gasteiger partial charge in [-0.05, 0) is 37.3 Å². The van der Waals surface area contributed by atoms with Gasteiger partial charge in [-0.3, -0.25) is 14.4 Å². The van der Waals surface area contributed by atoms with Gasteiger partial charge in [-0.25, -0.2) is 8.42 Å². The van der Waals surface area contributed by atoms with E-state index in [-0.39, 0.29) is 30.4 Å². The van der Waals surface area contributed by atoms with E-state index < -0.39 is 34.0 Å². The maximum absolute atomic E-state index is 13.1. The number of nitrogens with one attached hydrogen (secondary N) is 2. The van der Waals surface area contributed by atoms with Gasteiger partial charge in [-0.1, -0.05) is 25.7 Å². The molecule has 2 amide bonds. The van der Waals surface area contributed by atoms with Crippen LogP contribution in [0.5, 0.6) is 0 Å². The molecular weight excluding hydrogens is 410 g/mol. The molecule has 1 unspecified atom stereocenters. The zero-order chi connectivity index (χ0) is 21.7. The molecular formula is C20H29N3O6S. The van der Waals surface area contributed by atoms with Crippen LogP contribution >= 0.6 is 0 Å². The standard InChI is InChI=1S/C20H29N3O6S/c1-30(27,28)23-11-5-4-9-16(24)18(23)22-19(25)15(13-14-7-2-3-8-14)21-20(26)17-10-6-12-29-17/h6,10,12,14-15,18H,2-5,7-9,11,13H2,1H3,(H,21,26)(H,22,25)/t15?,18-/m0/s1. The highest BCUT2D eigenvalue weighted by Gasteiger charge is 2.37. The number of ketones is 1. The molecule has 2 fully saturated rings. The summed E-state index contributed by atoms with van der Waals surface area (Å²) in [4.78, 5) is 38.1. The van der Waals surface area contributed by atoms with Crippen molar-refractivity contribution in [2.24, 2.45) is 5.92 Å². The molecule has 0 bridgehead atoms. The molecule has 2 aliphatic rings. The van der Waals surface area contributed by atoms with Gasteiger partial charge in [0.1, 0.15) is 6.04 Å². The molecule has 30 heavy (non-hydrogen) atoms. The van der Waals surface area contributed by atoms with Crippen molar-refractivity contribution in [1.29, 1.82) is 0 Å². The summed E-state index contributed by atoms with van der Waals surface area (Å²) in [5, 5.41) is 5.30. The van der Waals surface area contributed by atoms with E-state index in [9.17, 15) is 22.8 Å². The predicted octanol–water partition coefficient (Wildman–Crippen LogP) is 1.42. The SMILES string of the molecule is CS(=O)(=O)N1CCCCC(=O)[C@H]1NC(=O)C(CC1CCCC1)NC(=O)c1ccco1. The summed E-state index contributed by atoms with van der Waals surface area (Å²) in [5.41, 5.74) is 0. The maximum atomic E-state index is 13.1. The van der Waals surface area contributed by atoms with Gasteiger partial charge in [-0.15, -0.1) is 0 Å². The van der Waals surface area contributed by atoms with Crippen LogP contribution in [0.25, 0.3) is 0 Å². The molecule has 1 aliphatic carbocycles. The van der Waals surface area contributed by atoms with Crippen LogP contribution < -0.4 is 10.6 Å². The van der Waals surface area contributed by atoms with E-state index in [0.29, 0.717) is 19.3 Å². The van der Waals surface area contributed by atoms with Gasteiger partial charge in [0.2, 0.25) is 15.9 Å². The number of carbonyl (C=O) groups is 3. The Morgan fingerprint density at radius 1 is 1.23 bits per heavy atom. The van der Waals surface area contributed by atoms with Crippen molar-refractivity contribution in [1.82, 2.24) is 14.9 Å². The monoisotopic (exact) mass is 439 g/mol. The first-order chi connectivity index (χ1) is 14.3. The zero-order valence-electron chi connectivity index (χ0n) is 17.1. The van der Waals surface area contributed by atoms with Crippen molar-refractivity contribution in [3.8, 4) is 0 Å². The van der Waals surface area contributed by atoms with Crippen LogP contribution in [0, 0.1) is 5.92 Å². The number of hydrogen-bond acceptors (Lipinski definition) is 6. The second-order valence-electron chi connectivity index (χ2n) is 8.10. The number of Topliss-reactive ketones (excluding diaryl/α,β-unsaturated/α-hetero) is 1. The lowest BCUT2D eigenvalue weighted by Crippen LogP contribution is -2.58. The molecule has 2 atom stereocenters. The Bertz CT molecular complexity index is 861. The summed E-state index contributed by atoms with van der Waals surface area (Å²) >= 11 is 0. The van der Waals surface area contributed by atoms with E-state index in [0.717, 1.165) is 36.2 Å². The highest BCUT2D eigenvalue weighted by molar-refractivity contribution is 7.88. The maximum Gasteiger partial charge on any atom is 0.287 e. The molecule has 166 valence electrons. The molecule has 1 aromatic heterocycles. The van der Waals surface area contributed by atoms with Crippen molar-refractivity contribution in [2.75, 3.05) is 12.8 Å². The van der Waals surface area contributed by atoms with E-state index in [2.05, 4.69) is 10.6 Å². The summed E-state index contributed by atoms with van der Waals surface area (Å²) in [5.74, 6) is -1.06. The number of rotatable bonds is 7. The number of hydrogen-bond donors (Lipinski definition) is 2. The van der Waals surface area contributed by atoms with Crippen LogP contribution in [0.15, 0.2) is 22.8 Å². The lowest BCUT2D eigenvalue weighted by molar-refractivity contribution is -0.131. The summed E-state index contributed by atoms with van der Waals surface area (Å²) in [6.45, 7) is 0.168. The fourth-order valence-electron chi connectivity index (χ4n) is 4.19. The number of nitrogens with zero attached hydrogens (tertiary/aromatic N) is 1. The molecule has 0 aromatic carbocycles. The Labute approximate surface area is 176 Å². The summed E-state index contributed by atoms with van der Waals surface area (Å²) < 4.78 is 30.5. The molecule has 2 N–H and O–H groups in total. The van der Waals surface area contributed by atoms with Crippen molar-refractivity contribution in [3.63, 3.8) is 0 Å². The van der Waals surface area contributed by atoms with E-state index in [1.54, 1.807) is 6.07 Å². The second-order valence-corrected chi connectivity index (χ2v) is 10.0. The molecule has 3 rings (SSSR count). The van der Waals surface area contributed by atoms with E-state index in [1.807, 2.05) is 0 Å². The van der Waals surface area contributed by atoms with Gasteiger partial charge in [0, 0.05) is 13.0 Å². The van der Waals surface area contributed by atoms with Crippen LogP contribution in [0.1, 0.15) is 61.9 Å². The topological polar surface area (TPSA) is 126 Å². The molecule has 1 aromatic rings. The minimum absolute atomic E-state index is 0.0857.